The maximum absolute atomic E-state index is 12.2. The van der Waals surface area contributed by atoms with Crippen LogP contribution < -0.4 is 5.32 Å². The molecule has 0 aliphatic rings. The third-order valence-corrected chi connectivity index (χ3v) is 4.90. The second kappa shape index (κ2) is 7.36. The predicted octanol–water partition coefficient (Wildman–Crippen LogP) is 3.68. The van der Waals surface area contributed by atoms with Crippen molar-refractivity contribution in [1.82, 2.24) is 15.3 Å². The summed E-state index contributed by atoms with van der Waals surface area (Å²) in [6.07, 6.45) is 3.84. The van der Waals surface area contributed by atoms with Gasteiger partial charge in [-0.15, -0.1) is 11.3 Å². The van der Waals surface area contributed by atoms with Gasteiger partial charge in [0.2, 0.25) is 5.91 Å². The van der Waals surface area contributed by atoms with Crippen LogP contribution in [0.1, 0.15) is 21.7 Å². The Balaban J connectivity index is 1.66. The standard InChI is InChI=1S/C19H19N3OS/c1-13-5-3-7-16(9-13)19-22-14(2)17(24-19)10-18(23)21-12-15-6-4-8-20-11-15/h3-9,11H,10,12H2,1-2H3,(H,21,23). The predicted molar refractivity (Wildman–Crippen MR) is 96.8 cm³/mol. The molecule has 0 aliphatic heterocycles. The molecule has 1 amide bonds. The van der Waals surface area contributed by atoms with Crippen LogP contribution in [0.25, 0.3) is 10.6 Å². The van der Waals surface area contributed by atoms with Crippen molar-refractivity contribution in [1.29, 1.82) is 0 Å². The summed E-state index contributed by atoms with van der Waals surface area (Å²) in [5, 5.41) is 3.90. The molecule has 2 aromatic heterocycles. The lowest BCUT2D eigenvalue weighted by molar-refractivity contribution is -0.120. The Morgan fingerprint density at radius 1 is 1.21 bits per heavy atom. The van der Waals surface area contributed by atoms with Crippen LogP contribution in [0.15, 0.2) is 48.8 Å². The molecule has 0 unspecified atom stereocenters. The average molecular weight is 337 g/mol. The highest BCUT2D eigenvalue weighted by atomic mass is 32.1. The molecule has 2 heterocycles. The van der Waals surface area contributed by atoms with E-state index >= 15 is 0 Å². The van der Waals surface area contributed by atoms with Gasteiger partial charge in [0.25, 0.3) is 0 Å². The molecule has 0 fully saturated rings. The van der Waals surface area contributed by atoms with Crippen molar-refractivity contribution >= 4 is 17.2 Å². The fraction of sp³-hybridized carbons (Fsp3) is 0.211. The van der Waals surface area contributed by atoms with E-state index in [0.717, 1.165) is 26.7 Å². The quantitative estimate of drug-likeness (QED) is 0.773. The lowest BCUT2D eigenvalue weighted by atomic mass is 10.1. The maximum atomic E-state index is 12.2. The minimum Gasteiger partial charge on any atom is -0.352 e. The second-order valence-corrected chi connectivity index (χ2v) is 6.80. The molecular weight excluding hydrogens is 318 g/mol. The monoisotopic (exact) mass is 337 g/mol. The minimum atomic E-state index is 0.00129. The highest BCUT2D eigenvalue weighted by molar-refractivity contribution is 7.15. The van der Waals surface area contributed by atoms with Crippen LogP contribution in [-0.4, -0.2) is 15.9 Å². The van der Waals surface area contributed by atoms with E-state index in [1.807, 2.05) is 25.1 Å². The number of aryl methyl sites for hydroxylation is 2. The summed E-state index contributed by atoms with van der Waals surface area (Å²) < 4.78 is 0. The van der Waals surface area contributed by atoms with Gasteiger partial charge in [-0.05, 0) is 31.5 Å². The van der Waals surface area contributed by atoms with E-state index in [0.29, 0.717) is 13.0 Å². The molecular formula is C19H19N3OS. The summed E-state index contributed by atoms with van der Waals surface area (Å²) in [4.78, 5) is 21.9. The maximum Gasteiger partial charge on any atom is 0.225 e. The van der Waals surface area contributed by atoms with Crippen LogP contribution in [-0.2, 0) is 17.8 Å². The van der Waals surface area contributed by atoms with Gasteiger partial charge in [-0.25, -0.2) is 4.98 Å². The molecule has 0 spiro atoms. The Labute approximate surface area is 145 Å². The van der Waals surface area contributed by atoms with Crippen LogP contribution in [0, 0.1) is 13.8 Å². The average Bonchev–Trinajstić information content (AvgIpc) is 2.95. The molecule has 0 saturated heterocycles. The van der Waals surface area contributed by atoms with E-state index < -0.39 is 0 Å². The van der Waals surface area contributed by atoms with Crippen molar-refractivity contribution in [3.05, 3.63) is 70.5 Å². The number of amides is 1. The summed E-state index contributed by atoms with van der Waals surface area (Å²) >= 11 is 1.59. The Bertz CT molecular complexity index is 843. The Morgan fingerprint density at radius 3 is 2.83 bits per heavy atom. The summed E-state index contributed by atoms with van der Waals surface area (Å²) in [7, 11) is 0. The highest BCUT2D eigenvalue weighted by Crippen LogP contribution is 2.28. The first-order valence-corrected chi connectivity index (χ1v) is 8.62. The van der Waals surface area contributed by atoms with Gasteiger partial charge in [-0.2, -0.15) is 0 Å². The highest BCUT2D eigenvalue weighted by Gasteiger charge is 2.13. The minimum absolute atomic E-state index is 0.00129. The third kappa shape index (κ3) is 4.06. The van der Waals surface area contributed by atoms with Crippen molar-refractivity contribution in [2.24, 2.45) is 0 Å². The van der Waals surface area contributed by atoms with Crippen LogP contribution in [0.4, 0.5) is 0 Å². The fourth-order valence-electron chi connectivity index (χ4n) is 2.41. The zero-order valence-electron chi connectivity index (χ0n) is 13.7. The Morgan fingerprint density at radius 2 is 2.08 bits per heavy atom. The number of pyridine rings is 1. The number of carbonyl (C=O) groups excluding carboxylic acids is 1. The zero-order valence-corrected chi connectivity index (χ0v) is 14.6. The van der Waals surface area contributed by atoms with Gasteiger partial charge in [0.05, 0.1) is 12.1 Å². The summed E-state index contributed by atoms with van der Waals surface area (Å²) in [6.45, 7) is 4.52. The number of nitrogens with zero attached hydrogens (tertiary/aromatic N) is 2. The van der Waals surface area contributed by atoms with E-state index in [2.05, 4.69) is 40.4 Å². The molecule has 0 atom stereocenters. The van der Waals surface area contributed by atoms with Gasteiger partial charge in [-0.3, -0.25) is 9.78 Å². The number of carbonyl (C=O) groups is 1. The SMILES string of the molecule is Cc1cccc(-c2nc(C)c(CC(=O)NCc3cccnc3)s2)c1. The molecule has 5 heteroatoms. The number of benzene rings is 1. The molecule has 3 rings (SSSR count). The topological polar surface area (TPSA) is 54.9 Å². The molecule has 0 saturated carbocycles. The van der Waals surface area contributed by atoms with Gasteiger partial charge in [-0.1, -0.05) is 29.8 Å². The van der Waals surface area contributed by atoms with Gasteiger partial charge in [0.15, 0.2) is 0 Å². The number of thiazole rings is 1. The van der Waals surface area contributed by atoms with Crippen molar-refractivity contribution < 1.29 is 4.79 Å². The Hall–Kier alpha value is -2.53. The second-order valence-electron chi connectivity index (χ2n) is 5.71. The molecule has 3 aromatic rings. The van der Waals surface area contributed by atoms with Crippen molar-refractivity contribution in [2.45, 2.75) is 26.8 Å². The van der Waals surface area contributed by atoms with E-state index in [1.54, 1.807) is 23.7 Å². The first-order chi connectivity index (χ1) is 11.6. The molecule has 122 valence electrons. The number of rotatable bonds is 5. The Kier molecular flexibility index (Phi) is 5.01. The summed E-state index contributed by atoms with van der Waals surface area (Å²) in [5.41, 5.74) is 4.22. The largest absolute Gasteiger partial charge is 0.352 e. The van der Waals surface area contributed by atoms with Gasteiger partial charge >= 0.3 is 0 Å². The van der Waals surface area contributed by atoms with Gasteiger partial charge in [0, 0.05) is 29.4 Å². The first kappa shape index (κ1) is 16.3. The molecule has 0 radical (unpaired) electrons. The number of nitrogens with one attached hydrogen (secondary N) is 1. The van der Waals surface area contributed by atoms with E-state index in [9.17, 15) is 4.79 Å². The summed E-state index contributed by atoms with van der Waals surface area (Å²) in [5.74, 6) is 0.00129. The fourth-order valence-corrected chi connectivity index (χ4v) is 3.46. The molecule has 0 bridgehead atoms. The lowest BCUT2D eigenvalue weighted by Gasteiger charge is -2.04. The van der Waals surface area contributed by atoms with Crippen LogP contribution >= 0.6 is 11.3 Å². The molecule has 1 N–H and O–H groups in total. The van der Waals surface area contributed by atoms with Gasteiger partial charge in [0.1, 0.15) is 5.01 Å². The lowest BCUT2D eigenvalue weighted by Crippen LogP contribution is -2.24. The van der Waals surface area contributed by atoms with E-state index in [-0.39, 0.29) is 5.91 Å². The zero-order chi connectivity index (χ0) is 16.9. The van der Waals surface area contributed by atoms with Gasteiger partial charge < -0.3 is 5.32 Å². The molecule has 24 heavy (non-hydrogen) atoms. The summed E-state index contributed by atoms with van der Waals surface area (Å²) in [6, 6.07) is 12.1. The normalized spacial score (nSPS) is 10.6. The molecule has 4 nitrogen and oxygen atoms in total. The van der Waals surface area contributed by atoms with Crippen molar-refractivity contribution in [2.75, 3.05) is 0 Å². The van der Waals surface area contributed by atoms with Crippen LogP contribution in [0.3, 0.4) is 0 Å². The van der Waals surface area contributed by atoms with Crippen LogP contribution in [0.5, 0.6) is 0 Å². The van der Waals surface area contributed by atoms with Crippen molar-refractivity contribution in [3.63, 3.8) is 0 Å². The van der Waals surface area contributed by atoms with E-state index in [4.69, 9.17) is 0 Å². The van der Waals surface area contributed by atoms with E-state index in [1.165, 1.54) is 5.56 Å². The van der Waals surface area contributed by atoms with Crippen molar-refractivity contribution in [3.8, 4) is 10.6 Å². The van der Waals surface area contributed by atoms with Crippen LogP contribution in [0.2, 0.25) is 0 Å². The smallest absolute Gasteiger partial charge is 0.225 e. The number of hydrogen-bond donors (Lipinski definition) is 1. The third-order valence-electron chi connectivity index (χ3n) is 3.69. The molecule has 1 aromatic carbocycles. The number of aromatic nitrogens is 2. The first-order valence-electron chi connectivity index (χ1n) is 7.81. The molecule has 0 aliphatic carbocycles. The number of hydrogen-bond acceptors (Lipinski definition) is 4.